The third kappa shape index (κ3) is 3.52. The van der Waals surface area contributed by atoms with Crippen LogP contribution in [0.3, 0.4) is 0 Å². The van der Waals surface area contributed by atoms with Crippen LogP contribution in [-0.2, 0) is 15.9 Å². The first-order chi connectivity index (χ1) is 8.81. The van der Waals surface area contributed by atoms with Gasteiger partial charge in [-0.15, -0.1) is 0 Å². The number of aromatic nitrogens is 2. The molecule has 0 aliphatic heterocycles. The van der Waals surface area contributed by atoms with Crippen LogP contribution >= 0.6 is 11.3 Å². The van der Waals surface area contributed by atoms with Gasteiger partial charge in [-0.3, -0.25) is 4.98 Å². The van der Waals surface area contributed by atoms with E-state index in [1.807, 2.05) is 24.4 Å². The number of nitrogens with zero attached hydrogens (tertiary/aromatic N) is 2. The molecule has 0 spiro atoms. The van der Waals surface area contributed by atoms with Gasteiger partial charge in [0.1, 0.15) is 5.75 Å². The van der Waals surface area contributed by atoms with Gasteiger partial charge in [0.25, 0.3) is 0 Å². The van der Waals surface area contributed by atoms with Crippen molar-refractivity contribution in [3.05, 3.63) is 29.9 Å². The van der Waals surface area contributed by atoms with Gasteiger partial charge in [0.2, 0.25) is 0 Å². The van der Waals surface area contributed by atoms with E-state index in [9.17, 15) is 4.55 Å². The van der Waals surface area contributed by atoms with Crippen molar-refractivity contribution in [1.29, 1.82) is 0 Å². The average molecular weight is 282 g/mol. The lowest BCUT2D eigenvalue weighted by Gasteiger charge is -2.06. The standard InChI is InChI=1S/C12H14N2O2S2/c1-2-16-7-8-18(15)12-14-11(9-17-12)10-3-5-13-6-4-10/h3-6,9H,2,7-8H2,1H3. The molecule has 2 rings (SSSR count). The molecule has 0 fully saturated rings. The monoisotopic (exact) mass is 282 g/mol. The number of ether oxygens (including phenoxy) is 1. The van der Waals surface area contributed by atoms with Crippen LogP contribution in [0.15, 0.2) is 34.2 Å². The fourth-order valence-electron chi connectivity index (χ4n) is 1.38. The SMILES string of the molecule is CCOCC[S+]([O-])c1nc(-c2ccncc2)cs1. The largest absolute Gasteiger partial charge is 0.609 e. The van der Waals surface area contributed by atoms with E-state index in [4.69, 9.17) is 4.74 Å². The second-order valence-electron chi connectivity index (χ2n) is 3.48. The zero-order chi connectivity index (χ0) is 12.8. The lowest BCUT2D eigenvalue weighted by atomic mass is 10.2. The van der Waals surface area contributed by atoms with Gasteiger partial charge in [0, 0.05) is 41.1 Å². The molecular weight excluding hydrogens is 268 g/mol. The Morgan fingerprint density at radius 2 is 2.17 bits per heavy atom. The van der Waals surface area contributed by atoms with Gasteiger partial charge in [-0.1, -0.05) is 11.3 Å². The molecule has 0 saturated carbocycles. The summed E-state index contributed by atoms with van der Waals surface area (Å²) in [4.78, 5) is 8.36. The van der Waals surface area contributed by atoms with E-state index in [2.05, 4.69) is 9.97 Å². The summed E-state index contributed by atoms with van der Waals surface area (Å²) < 4.78 is 17.8. The summed E-state index contributed by atoms with van der Waals surface area (Å²) in [6, 6.07) is 3.78. The maximum atomic E-state index is 11.9. The van der Waals surface area contributed by atoms with Gasteiger partial charge in [0.15, 0.2) is 0 Å². The van der Waals surface area contributed by atoms with Crippen molar-refractivity contribution in [2.45, 2.75) is 11.3 Å². The maximum absolute atomic E-state index is 11.9. The van der Waals surface area contributed by atoms with E-state index < -0.39 is 11.2 Å². The zero-order valence-corrected chi connectivity index (χ0v) is 11.7. The predicted molar refractivity (Wildman–Crippen MR) is 73.1 cm³/mol. The fraction of sp³-hybridized carbons (Fsp3) is 0.333. The van der Waals surface area contributed by atoms with Crippen molar-refractivity contribution in [3.63, 3.8) is 0 Å². The highest BCUT2D eigenvalue weighted by atomic mass is 32.2. The summed E-state index contributed by atoms with van der Waals surface area (Å²) in [5.74, 6) is 0.497. The predicted octanol–water partition coefficient (Wildman–Crippen LogP) is 2.35. The van der Waals surface area contributed by atoms with Crippen LogP contribution in [0, 0.1) is 0 Å². The van der Waals surface area contributed by atoms with Gasteiger partial charge < -0.3 is 9.29 Å². The smallest absolute Gasteiger partial charge is 0.302 e. The van der Waals surface area contributed by atoms with Crippen LogP contribution in [0.2, 0.25) is 0 Å². The van der Waals surface area contributed by atoms with E-state index in [-0.39, 0.29) is 0 Å². The van der Waals surface area contributed by atoms with Crippen molar-refractivity contribution >= 4 is 22.5 Å². The number of hydrogen-bond donors (Lipinski definition) is 0. The molecule has 6 heteroatoms. The third-order valence-corrected chi connectivity index (χ3v) is 4.77. The number of thiazole rings is 1. The summed E-state index contributed by atoms with van der Waals surface area (Å²) >= 11 is 0.352. The van der Waals surface area contributed by atoms with Gasteiger partial charge in [-0.25, -0.2) is 0 Å². The van der Waals surface area contributed by atoms with Gasteiger partial charge in [-0.2, -0.15) is 4.98 Å². The maximum Gasteiger partial charge on any atom is 0.302 e. The minimum atomic E-state index is -1.07. The Morgan fingerprint density at radius 3 is 2.89 bits per heavy atom. The average Bonchev–Trinajstić information content (AvgIpc) is 2.89. The highest BCUT2D eigenvalue weighted by Gasteiger charge is 2.16. The summed E-state index contributed by atoms with van der Waals surface area (Å²) in [5, 5.41) is 1.92. The molecule has 1 unspecified atom stereocenters. The molecule has 0 aliphatic carbocycles. The summed E-state index contributed by atoms with van der Waals surface area (Å²) in [5.41, 5.74) is 1.84. The van der Waals surface area contributed by atoms with Crippen molar-refractivity contribution in [1.82, 2.24) is 9.97 Å². The summed E-state index contributed by atoms with van der Waals surface area (Å²) in [6.07, 6.45) is 3.45. The Bertz CT molecular complexity index is 476. The lowest BCUT2D eigenvalue weighted by molar-refractivity contribution is 0.163. The molecule has 0 radical (unpaired) electrons. The highest BCUT2D eigenvalue weighted by Crippen LogP contribution is 2.24. The van der Waals surface area contributed by atoms with Crippen LogP contribution in [-0.4, -0.2) is 33.5 Å². The second kappa shape index (κ2) is 6.84. The molecule has 0 N–H and O–H groups in total. The summed E-state index contributed by atoms with van der Waals surface area (Å²) in [6.45, 7) is 3.08. The topological polar surface area (TPSA) is 58.1 Å². The van der Waals surface area contributed by atoms with E-state index in [1.165, 1.54) is 11.3 Å². The molecule has 18 heavy (non-hydrogen) atoms. The molecule has 0 aliphatic rings. The molecule has 0 saturated heterocycles. The van der Waals surface area contributed by atoms with Crippen molar-refractivity contribution in [3.8, 4) is 11.3 Å². The molecule has 0 bridgehead atoms. The minimum Gasteiger partial charge on any atom is -0.609 e. The highest BCUT2D eigenvalue weighted by molar-refractivity contribution is 7.93. The third-order valence-electron chi connectivity index (χ3n) is 2.27. The van der Waals surface area contributed by atoms with Crippen LogP contribution in [0.4, 0.5) is 0 Å². The van der Waals surface area contributed by atoms with E-state index in [1.54, 1.807) is 12.4 Å². The van der Waals surface area contributed by atoms with Crippen molar-refractivity contribution in [2.24, 2.45) is 0 Å². The Balaban J connectivity index is 2.02. The lowest BCUT2D eigenvalue weighted by Crippen LogP contribution is -2.12. The normalized spacial score (nSPS) is 12.6. The van der Waals surface area contributed by atoms with Crippen LogP contribution in [0.25, 0.3) is 11.3 Å². The fourth-order valence-corrected chi connectivity index (χ4v) is 3.40. The number of hydrogen-bond acceptors (Lipinski definition) is 5. The first-order valence-corrected chi connectivity index (χ1v) is 7.83. The Hall–Kier alpha value is -0.950. The first-order valence-electron chi connectivity index (χ1n) is 5.63. The Kier molecular flexibility index (Phi) is 5.12. The minimum absolute atomic E-state index is 0.497. The first kappa shape index (κ1) is 13.5. The Labute approximate surface area is 113 Å². The van der Waals surface area contributed by atoms with E-state index in [0.717, 1.165) is 11.3 Å². The van der Waals surface area contributed by atoms with Gasteiger partial charge in [-0.05, 0) is 19.1 Å². The molecular formula is C12H14N2O2S2. The molecule has 4 nitrogen and oxygen atoms in total. The molecule has 96 valence electrons. The van der Waals surface area contributed by atoms with Crippen LogP contribution in [0.1, 0.15) is 6.92 Å². The molecule has 2 aromatic rings. The number of pyridine rings is 1. The van der Waals surface area contributed by atoms with Crippen molar-refractivity contribution in [2.75, 3.05) is 19.0 Å². The van der Waals surface area contributed by atoms with E-state index >= 15 is 0 Å². The van der Waals surface area contributed by atoms with Gasteiger partial charge >= 0.3 is 4.34 Å². The molecule has 1 atom stereocenters. The van der Waals surface area contributed by atoms with Crippen LogP contribution in [0.5, 0.6) is 0 Å². The quantitative estimate of drug-likeness (QED) is 0.603. The van der Waals surface area contributed by atoms with Crippen LogP contribution < -0.4 is 0 Å². The molecule has 0 aromatic carbocycles. The zero-order valence-electron chi connectivity index (χ0n) is 10.0. The van der Waals surface area contributed by atoms with Gasteiger partial charge in [0.05, 0.1) is 12.3 Å². The summed E-state index contributed by atoms with van der Waals surface area (Å²) in [7, 11) is 0. The molecule has 2 heterocycles. The second-order valence-corrected chi connectivity index (χ2v) is 6.08. The Morgan fingerprint density at radius 1 is 1.39 bits per heavy atom. The van der Waals surface area contributed by atoms with E-state index in [0.29, 0.717) is 23.3 Å². The van der Waals surface area contributed by atoms with Crippen molar-refractivity contribution < 1.29 is 9.29 Å². The molecule has 0 amide bonds. The molecule has 2 aromatic heterocycles. The number of rotatable bonds is 6.